The second-order valence-electron chi connectivity index (χ2n) is 5.50. The van der Waals surface area contributed by atoms with E-state index in [1.165, 1.54) is 0 Å². The molecule has 0 spiro atoms. The van der Waals surface area contributed by atoms with Crippen molar-refractivity contribution in [2.24, 2.45) is 0 Å². The Morgan fingerprint density at radius 1 is 1.27 bits per heavy atom. The first-order valence-corrected chi connectivity index (χ1v) is 7.63. The number of hydrogen-bond acceptors (Lipinski definition) is 3. The van der Waals surface area contributed by atoms with Crippen LogP contribution in [-0.2, 0) is 9.59 Å². The van der Waals surface area contributed by atoms with E-state index in [2.05, 4.69) is 5.32 Å². The smallest absolute Gasteiger partial charge is 0.230 e. The number of carboxylic acids is 1. The number of carbonyl (C=O) groups is 2. The summed E-state index contributed by atoms with van der Waals surface area (Å²) >= 11 is 0. The van der Waals surface area contributed by atoms with Gasteiger partial charge in [-0.3, -0.25) is 4.79 Å². The van der Waals surface area contributed by atoms with Crippen LogP contribution in [0.3, 0.4) is 0 Å². The van der Waals surface area contributed by atoms with E-state index >= 15 is 0 Å². The predicted octanol–water partition coefficient (Wildman–Crippen LogP) is -2.10. The second kappa shape index (κ2) is 9.17. The van der Waals surface area contributed by atoms with Gasteiger partial charge in [0.15, 0.2) is 0 Å². The largest absolute Gasteiger partial charge is 0.544 e. The van der Waals surface area contributed by atoms with Crippen LogP contribution >= 0.6 is 0 Å². The molecule has 1 aromatic rings. The number of hydrogen-bond donors (Lipinski definition) is 3. The molecule has 0 aliphatic heterocycles. The van der Waals surface area contributed by atoms with Gasteiger partial charge in [0.05, 0.1) is 32.5 Å². The van der Waals surface area contributed by atoms with Crippen molar-refractivity contribution in [1.29, 1.82) is 0 Å². The maximum Gasteiger partial charge on any atom is 0.230 e. The predicted molar refractivity (Wildman–Crippen MR) is 82.1 cm³/mol. The SMILES string of the molecule is C[NH2+]CCC[NH2+][C@@H](CC(=O)Nc1cccc(C)c1C)C(=O)[O-]. The van der Waals surface area contributed by atoms with Gasteiger partial charge in [0.1, 0.15) is 6.04 Å². The Morgan fingerprint density at radius 3 is 2.64 bits per heavy atom. The van der Waals surface area contributed by atoms with Crippen molar-refractivity contribution in [3.63, 3.8) is 0 Å². The zero-order valence-corrected chi connectivity index (χ0v) is 13.5. The Bertz CT molecular complexity index is 517. The minimum absolute atomic E-state index is 0.0917. The van der Waals surface area contributed by atoms with Crippen LogP contribution in [0.4, 0.5) is 5.69 Å². The van der Waals surface area contributed by atoms with E-state index in [1.54, 1.807) is 5.32 Å². The number of anilines is 1. The van der Waals surface area contributed by atoms with Gasteiger partial charge in [-0.15, -0.1) is 0 Å². The minimum Gasteiger partial charge on any atom is -0.544 e. The molecule has 0 bridgehead atoms. The molecule has 0 saturated heterocycles. The summed E-state index contributed by atoms with van der Waals surface area (Å²) < 4.78 is 0. The first-order valence-electron chi connectivity index (χ1n) is 7.63. The molecule has 1 aromatic carbocycles. The van der Waals surface area contributed by atoms with Gasteiger partial charge in [-0.2, -0.15) is 0 Å². The third-order valence-electron chi connectivity index (χ3n) is 3.73. The molecule has 0 saturated carbocycles. The first-order chi connectivity index (χ1) is 10.5. The van der Waals surface area contributed by atoms with Crippen LogP contribution in [-0.4, -0.2) is 38.1 Å². The van der Waals surface area contributed by atoms with Crippen LogP contribution in [0.2, 0.25) is 0 Å². The quantitative estimate of drug-likeness (QED) is 0.455. The lowest BCUT2D eigenvalue weighted by molar-refractivity contribution is -0.692. The zero-order chi connectivity index (χ0) is 16.5. The van der Waals surface area contributed by atoms with E-state index in [0.29, 0.717) is 6.54 Å². The molecule has 0 heterocycles. The lowest BCUT2D eigenvalue weighted by Gasteiger charge is -2.17. The van der Waals surface area contributed by atoms with E-state index in [9.17, 15) is 14.7 Å². The molecule has 0 unspecified atom stereocenters. The number of aryl methyl sites for hydroxylation is 1. The van der Waals surface area contributed by atoms with E-state index < -0.39 is 12.0 Å². The molecular formula is C16H26N3O3+. The summed E-state index contributed by atoms with van der Waals surface area (Å²) in [5.74, 6) is -1.50. The Balaban J connectivity index is 2.56. The third kappa shape index (κ3) is 5.83. The Kier molecular flexibility index (Phi) is 7.56. The van der Waals surface area contributed by atoms with Crippen LogP contribution in [0.25, 0.3) is 0 Å². The van der Waals surface area contributed by atoms with Crippen molar-refractivity contribution in [1.82, 2.24) is 0 Å². The molecule has 0 fully saturated rings. The van der Waals surface area contributed by atoms with Gasteiger partial charge in [0.25, 0.3) is 0 Å². The Morgan fingerprint density at radius 2 is 2.00 bits per heavy atom. The number of benzene rings is 1. The highest BCUT2D eigenvalue weighted by atomic mass is 16.4. The van der Waals surface area contributed by atoms with Gasteiger partial charge in [0.2, 0.25) is 5.91 Å². The highest BCUT2D eigenvalue weighted by Gasteiger charge is 2.18. The number of nitrogens with one attached hydrogen (secondary N) is 1. The molecule has 0 radical (unpaired) electrons. The van der Waals surface area contributed by atoms with Gasteiger partial charge in [0, 0.05) is 12.1 Å². The summed E-state index contributed by atoms with van der Waals surface area (Å²) in [6.45, 7) is 5.49. The molecule has 0 aliphatic rings. The lowest BCUT2D eigenvalue weighted by Crippen LogP contribution is -2.94. The zero-order valence-electron chi connectivity index (χ0n) is 13.5. The van der Waals surface area contributed by atoms with Gasteiger partial charge in [-0.05, 0) is 31.0 Å². The molecular weight excluding hydrogens is 282 g/mol. The standard InChI is InChI=1S/C16H25N3O3/c1-11-6-4-7-13(12(11)2)19-15(20)10-14(16(21)22)18-9-5-8-17-3/h4,6-7,14,17-18H,5,8-10H2,1-3H3,(H,19,20)(H,21,22)/p+1/t14-/m0/s1. The van der Waals surface area contributed by atoms with Gasteiger partial charge < -0.3 is 25.9 Å². The number of amides is 1. The Labute approximate surface area is 131 Å². The second-order valence-corrected chi connectivity index (χ2v) is 5.50. The monoisotopic (exact) mass is 308 g/mol. The van der Waals surface area contributed by atoms with Crippen molar-refractivity contribution in [2.75, 3.05) is 25.5 Å². The molecule has 0 aliphatic carbocycles. The number of quaternary nitrogens is 2. The van der Waals surface area contributed by atoms with Crippen molar-refractivity contribution in [3.8, 4) is 0 Å². The molecule has 6 heteroatoms. The summed E-state index contributed by atoms with van der Waals surface area (Å²) in [6, 6.07) is 4.80. The van der Waals surface area contributed by atoms with Crippen LogP contribution in [0.1, 0.15) is 24.0 Å². The maximum atomic E-state index is 12.1. The molecule has 6 nitrogen and oxygen atoms in total. The Hall–Kier alpha value is -1.92. The summed E-state index contributed by atoms with van der Waals surface area (Å²) in [4.78, 5) is 23.2. The number of aliphatic carboxylic acids is 1. The van der Waals surface area contributed by atoms with Crippen molar-refractivity contribution >= 4 is 17.6 Å². The van der Waals surface area contributed by atoms with Crippen LogP contribution in [0, 0.1) is 13.8 Å². The number of carboxylic acid groups (broad SMARTS) is 1. The normalized spacial score (nSPS) is 12.0. The fourth-order valence-corrected chi connectivity index (χ4v) is 2.19. The molecule has 1 amide bonds. The van der Waals surface area contributed by atoms with E-state index in [1.807, 2.05) is 44.4 Å². The maximum absolute atomic E-state index is 12.1. The van der Waals surface area contributed by atoms with Gasteiger partial charge >= 0.3 is 0 Å². The average molecular weight is 308 g/mol. The molecule has 0 aromatic heterocycles. The molecule has 5 N–H and O–H groups in total. The number of nitrogens with two attached hydrogens (primary N) is 2. The highest BCUT2D eigenvalue weighted by Crippen LogP contribution is 2.18. The molecule has 122 valence electrons. The third-order valence-corrected chi connectivity index (χ3v) is 3.73. The molecule has 1 atom stereocenters. The van der Waals surface area contributed by atoms with Crippen molar-refractivity contribution < 1.29 is 25.3 Å². The topological polar surface area (TPSA) is 102 Å². The first kappa shape index (κ1) is 18.1. The fraction of sp³-hybridized carbons (Fsp3) is 0.500. The number of rotatable bonds is 9. The summed E-state index contributed by atoms with van der Waals surface area (Å²) in [6.07, 6.45) is 0.796. The number of carbonyl (C=O) groups excluding carboxylic acids is 2. The summed E-state index contributed by atoms with van der Waals surface area (Å²) in [7, 11) is 1.97. The van der Waals surface area contributed by atoms with Gasteiger partial charge in [-0.1, -0.05) is 12.1 Å². The van der Waals surface area contributed by atoms with Crippen LogP contribution < -0.4 is 21.1 Å². The molecule has 22 heavy (non-hydrogen) atoms. The summed E-state index contributed by atoms with van der Waals surface area (Å²) in [5, 5.41) is 17.6. The fourth-order valence-electron chi connectivity index (χ4n) is 2.19. The van der Waals surface area contributed by atoms with E-state index in [0.717, 1.165) is 29.8 Å². The molecule has 1 rings (SSSR count). The van der Waals surface area contributed by atoms with Crippen LogP contribution in [0.5, 0.6) is 0 Å². The average Bonchev–Trinajstić information content (AvgIpc) is 2.47. The minimum atomic E-state index is -1.20. The van der Waals surface area contributed by atoms with Gasteiger partial charge in [-0.25, -0.2) is 0 Å². The highest BCUT2D eigenvalue weighted by molar-refractivity contribution is 5.94. The van der Waals surface area contributed by atoms with Crippen molar-refractivity contribution in [2.45, 2.75) is 32.7 Å². The van der Waals surface area contributed by atoms with E-state index in [4.69, 9.17) is 0 Å². The van der Waals surface area contributed by atoms with E-state index in [-0.39, 0.29) is 12.3 Å². The van der Waals surface area contributed by atoms with Crippen molar-refractivity contribution in [3.05, 3.63) is 29.3 Å². The van der Waals surface area contributed by atoms with Crippen LogP contribution in [0.15, 0.2) is 18.2 Å². The summed E-state index contributed by atoms with van der Waals surface area (Å²) in [5.41, 5.74) is 2.79. The lowest BCUT2D eigenvalue weighted by atomic mass is 10.1.